The number of fused-ring (bicyclic) bond motifs is 1. The molecule has 276 valence electrons. The van der Waals surface area contributed by atoms with Gasteiger partial charge in [0.15, 0.2) is 0 Å². The van der Waals surface area contributed by atoms with Crippen molar-refractivity contribution < 1.29 is 19.1 Å². The molecule has 2 N–H and O–H groups in total. The Bertz CT molecular complexity index is 1920. The van der Waals surface area contributed by atoms with Crippen molar-refractivity contribution in [3.8, 4) is 33.6 Å². The van der Waals surface area contributed by atoms with Gasteiger partial charge in [-0.1, -0.05) is 55.5 Å². The summed E-state index contributed by atoms with van der Waals surface area (Å²) < 4.78 is 12.4. The van der Waals surface area contributed by atoms with E-state index in [1.165, 1.54) is 0 Å². The van der Waals surface area contributed by atoms with Gasteiger partial charge in [-0.25, -0.2) is 19.6 Å². The van der Waals surface area contributed by atoms with Gasteiger partial charge in [-0.3, -0.25) is 9.80 Å². The van der Waals surface area contributed by atoms with E-state index in [0.29, 0.717) is 17.7 Å². The number of halogens is 1. The number of carbonyl (C=O) groups is 2. The molecule has 7 rings (SSSR count). The minimum atomic E-state index is -0.580. The number of benzene rings is 2. The Labute approximate surface area is 315 Å². The molecule has 3 aliphatic rings. The summed E-state index contributed by atoms with van der Waals surface area (Å²) in [6.07, 6.45) is 6.38. The van der Waals surface area contributed by atoms with Gasteiger partial charge in [0, 0.05) is 17.6 Å². The summed E-state index contributed by atoms with van der Waals surface area (Å²) in [6.45, 7) is 15.6. The SMILES string of the molecule is C[C@H]1CC[C@H]1N(C(=O)OC(C)(C)C)[C@@H](C)c1nc(-c2ccc(-c3ccc(-c4cnc([C@@H]5CCC6CC6N5C(=O)OC(C)(C)C)[nH]4)cc3)cc2)c(Br)[nH]1. The molecule has 2 amide bonds. The molecule has 2 saturated carbocycles. The van der Waals surface area contributed by atoms with E-state index in [4.69, 9.17) is 19.4 Å². The number of H-pyrrole nitrogens is 2. The van der Waals surface area contributed by atoms with Crippen molar-refractivity contribution in [1.29, 1.82) is 0 Å². The monoisotopic (exact) mass is 770 g/mol. The molecule has 10 nitrogen and oxygen atoms in total. The first-order chi connectivity index (χ1) is 24.6. The Hall–Kier alpha value is -4.12. The lowest BCUT2D eigenvalue weighted by Gasteiger charge is -2.45. The van der Waals surface area contributed by atoms with Crippen LogP contribution < -0.4 is 0 Å². The fourth-order valence-corrected chi connectivity index (χ4v) is 8.15. The molecular weight excluding hydrogens is 720 g/mol. The number of nitrogens with one attached hydrogen (secondary N) is 2. The summed E-state index contributed by atoms with van der Waals surface area (Å²) in [7, 11) is 0. The second-order valence-corrected chi connectivity index (χ2v) is 17.6. The maximum absolute atomic E-state index is 13.4. The van der Waals surface area contributed by atoms with Crippen LogP contribution in [0.4, 0.5) is 9.59 Å². The van der Waals surface area contributed by atoms with Gasteiger partial charge in [0.05, 0.1) is 24.0 Å². The number of likely N-dealkylation sites (tertiary alicyclic amines) is 1. The maximum atomic E-state index is 13.4. The third kappa shape index (κ3) is 7.52. The Morgan fingerprint density at radius 3 is 2.06 bits per heavy atom. The summed E-state index contributed by atoms with van der Waals surface area (Å²) in [5, 5.41) is 0. The standard InChI is InChI=1S/C41H51BrN6O4/c1-23-9-19-31(23)47(38(49)51-40(3,4)5)24(2)36-45-34(35(42)46-36)28-16-12-26(13-17-28)25-10-14-27(15-11-25)30-22-43-37(44-30)32-20-18-29-21-33(29)48(32)39(50)52-41(6,7)8/h10-17,22-24,29,31-33H,9,18-21H2,1-8H3,(H,43,44)(H,45,46)/t23-,24-,29?,31+,32-,33?/m0/s1. The van der Waals surface area contributed by atoms with Crippen molar-refractivity contribution in [2.75, 3.05) is 0 Å². The van der Waals surface area contributed by atoms with Gasteiger partial charge in [0.2, 0.25) is 0 Å². The van der Waals surface area contributed by atoms with E-state index in [0.717, 1.165) is 76.2 Å². The van der Waals surface area contributed by atoms with Crippen LogP contribution in [0.1, 0.15) is 111 Å². The van der Waals surface area contributed by atoms with E-state index in [-0.39, 0.29) is 36.4 Å². The molecule has 0 radical (unpaired) electrons. The summed E-state index contributed by atoms with van der Waals surface area (Å²) in [6, 6.07) is 16.7. The Morgan fingerprint density at radius 1 is 0.865 bits per heavy atom. The van der Waals surface area contributed by atoms with Crippen LogP contribution in [0.3, 0.4) is 0 Å². The molecule has 11 heteroatoms. The van der Waals surface area contributed by atoms with Gasteiger partial charge in [-0.05, 0) is 125 Å². The largest absolute Gasteiger partial charge is 0.444 e. The fraction of sp³-hybridized carbons (Fsp3) is 0.512. The van der Waals surface area contributed by atoms with Crippen molar-refractivity contribution in [3.05, 3.63) is 71.0 Å². The van der Waals surface area contributed by atoms with Crippen LogP contribution in [0.25, 0.3) is 33.6 Å². The number of imidazole rings is 2. The molecule has 1 aliphatic heterocycles. The fourth-order valence-electron chi connectivity index (χ4n) is 7.63. The highest BCUT2D eigenvalue weighted by Gasteiger charge is 2.52. The minimum Gasteiger partial charge on any atom is -0.444 e. The lowest BCUT2D eigenvalue weighted by molar-refractivity contribution is -0.0185. The van der Waals surface area contributed by atoms with Crippen molar-refractivity contribution >= 4 is 28.1 Å². The number of rotatable bonds is 7. The van der Waals surface area contributed by atoms with Crippen molar-refractivity contribution in [3.63, 3.8) is 0 Å². The van der Waals surface area contributed by atoms with Crippen LogP contribution in [0.5, 0.6) is 0 Å². The molecule has 0 bridgehead atoms. The van der Waals surface area contributed by atoms with Gasteiger partial charge >= 0.3 is 12.2 Å². The number of ether oxygens (including phenoxy) is 2. The zero-order chi connectivity index (χ0) is 37.1. The molecule has 2 aromatic heterocycles. The van der Waals surface area contributed by atoms with Crippen molar-refractivity contribution in [1.82, 2.24) is 29.7 Å². The first-order valence-corrected chi connectivity index (χ1v) is 19.4. The van der Waals surface area contributed by atoms with Crippen LogP contribution >= 0.6 is 15.9 Å². The zero-order valence-electron chi connectivity index (χ0n) is 31.5. The molecule has 2 unspecified atom stereocenters. The second kappa shape index (κ2) is 13.7. The van der Waals surface area contributed by atoms with Crippen molar-refractivity contribution in [2.45, 2.75) is 123 Å². The first kappa shape index (κ1) is 36.2. The van der Waals surface area contributed by atoms with E-state index < -0.39 is 11.2 Å². The van der Waals surface area contributed by atoms with Gasteiger partial charge in [0.25, 0.3) is 0 Å². The third-order valence-corrected chi connectivity index (χ3v) is 11.2. The molecule has 2 aliphatic carbocycles. The van der Waals surface area contributed by atoms with Crippen LogP contribution in [0.2, 0.25) is 0 Å². The number of aromatic amines is 2. The normalized spacial score (nSPS) is 23.3. The Balaban J connectivity index is 1.04. The number of carbonyl (C=O) groups excluding carboxylic acids is 2. The summed E-state index contributed by atoms with van der Waals surface area (Å²) >= 11 is 3.70. The number of nitrogens with zero attached hydrogens (tertiary/aromatic N) is 4. The highest BCUT2D eigenvalue weighted by Crippen LogP contribution is 2.50. The average Bonchev–Trinajstić information content (AvgIpc) is 3.51. The van der Waals surface area contributed by atoms with E-state index in [9.17, 15) is 9.59 Å². The molecule has 2 aromatic carbocycles. The number of amides is 2. The molecule has 0 spiro atoms. The predicted molar refractivity (Wildman–Crippen MR) is 205 cm³/mol. The summed E-state index contributed by atoms with van der Waals surface area (Å²) in [4.78, 5) is 47.0. The van der Waals surface area contributed by atoms with Crippen LogP contribution in [-0.2, 0) is 9.47 Å². The quantitative estimate of drug-likeness (QED) is 0.193. The molecule has 3 fully saturated rings. The van der Waals surface area contributed by atoms with Gasteiger partial charge in [-0.2, -0.15) is 0 Å². The van der Waals surface area contributed by atoms with Gasteiger partial charge in [0.1, 0.15) is 33.1 Å². The molecule has 3 heterocycles. The predicted octanol–water partition coefficient (Wildman–Crippen LogP) is 10.5. The van der Waals surface area contributed by atoms with E-state index >= 15 is 0 Å². The molecule has 6 atom stereocenters. The number of hydrogen-bond acceptors (Lipinski definition) is 6. The van der Waals surface area contributed by atoms with E-state index in [1.807, 2.05) is 64.5 Å². The second-order valence-electron chi connectivity index (χ2n) is 16.9. The minimum absolute atomic E-state index is 0.116. The van der Waals surface area contributed by atoms with Crippen LogP contribution in [-0.4, -0.2) is 65.2 Å². The van der Waals surface area contributed by atoms with E-state index in [2.05, 4.69) is 81.4 Å². The highest BCUT2D eigenvalue weighted by molar-refractivity contribution is 9.10. The Morgan fingerprint density at radius 2 is 1.48 bits per heavy atom. The van der Waals surface area contributed by atoms with E-state index in [1.54, 1.807) is 0 Å². The lowest BCUT2D eigenvalue weighted by Crippen LogP contribution is -2.51. The molecular formula is C41H51BrN6O4. The summed E-state index contributed by atoms with van der Waals surface area (Å²) in [5.41, 5.74) is 4.77. The van der Waals surface area contributed by atoms with Gasteiger partial charge < -0.3 is 19.4 Å². The topological polar surface area (TPSA) is 116 Å². The number of hydrogen-bond donors (Lipinski definition) is 2. The smallest absolute Gasteiger partial charge is 0.411 e. The number of piperidine rings is 1. The highest BCUT2D eigenvalue weighted by atomic mass is 79.9. The Kier molecular flexibility index (Phi) is 9.55. The lowest BCUT2D eigenvalue weighted by atomic mass is 9.79. The molecule has 4 aromatic rings. The molecule has 52 heavy (non-hydrogen) atoms. The van der Waals surface area contributed by atoms with Crippen LogP contribution in [0.15, 0.2) is 59.3 Å². The maximum Gasteiger partial charge on any atom is 0.411 e. The zero-order valence-corrected chi connectivity index (χ0v) is 33.1. The molecule has 1 saturated heterocycles. The third-order valence-electron chi connectivity index (χ3n) is 10.6. The average molecular weight is 772 g/mol. The first-order valence-electron chi connectivity index (χ1n) is 18.6. The van der Waals surface area contributed by atoms with Crippen LogP contribution in [0, 0.1) is 11.8 Å². The number of aromatic nitrogens is 4. The van der Waals surface area contributed by atoms with Gasteiger partial charge in [-0.15, -0.1) is 0 Å². The van der Waals surface area contributed by atoms with Crippen molar-refractivity contribution in [2.24, 2.45) is 11.8 Å². The summed E-state index contributed by atoms with van der Waals surface area (Å²) in [5.74, 6) is 2.51.